The minimum Gasteiger partial charge on any atom is -0.463 e. The fourth-order valence-electron chi connectivity index (χ4n) is 2.51. The van der Waals surface area contributed by atoms with Gasteiger partial charge < -0.3 is 10.1 Å². The van der Waals surface area contributed by atoms with Crippen LogP contribution in [0, 0.1) is 5.92 Å². The Morgan fingerprint density at radius 1 is 1.29 bits per heavy atom. The number of nitrogens with one attached hydrogen (secondary N) is 1. The van der Waals surface area contributed by atoms with Crippen molar-refractivity contribution in [1.29, 1.82) is 0 Å². The number of hydrogen-bond donors (Lipinski definition) is 1. The second kappa shape index (κ2) is 6.51. The van der Waals surface area contributed by atoms with E-state index in [0.29, 0.717) is 30.4 Å². The fraction of sp³-hybridized carbons (Fsp3) is 0.571. The summed E-state index contributed by atoms with van der Waals surface area (Å²) in [5, 5.41) is 3.10. The molecule has 2 heterocycles. The molecule has 0 aliphatic heterocycles. The van der Waals surface area contributed by atoms with E-state index < -0.39 is 0 Å². The molecule has 21 heavy (non-hydrogen) atoms. The molecule has 1 aliphatic rings. The molecule has 0 saturated heterocycles. The minimum atomic E-state index is 0.372. The number of ether oxygens (including phenoxy) is 1. The Balaban J connectivity index is 1.77. The molecule has 0 amide bonds. The van der Waals surface area contributed by atoms with E-state index in [9.17, 15) is 0 Å². The van der Waals surface area contributed by atoms with Gasteiger partial charge in [0.05, 0.1) is 6.61 Å². The fourth-order valence-corrected chi connectivity index (χ4v) is 2.51. The van der Waals surface area contributed by atoms with Crippen molar-refractivity contribution in [2.45, 2.75) is 32.6 Å². The molecule has 7 nitrogen and oxygen atoms in total. The molecule has 0 spiro atoms. The van der Waals surface area contributed by atoms with Gasteiger partial charge in [-0.25, -0.2) is 4.98 Å². The summed E-state index contributed by atoms with van der Waals surface area (Å²) < 4.78 is 7.52. The lowest BCUT2D eigenvalue weighted by molar-refractivity contribution is 0.233. The summed E-state index contributed by atoms with van der Waals surface area (Å²) in [6.45, 7) is 3.42. The van der Waals surface area contributed by atoms with Crippen molar-refractivity contribution in [3.8, 4) is 12.0 Å². The van der Waals surface area contributed by atoms with Gasteiger partial charge in [-0.15, -0.1) is 0 Å². The molecule has 0 atom stereocenters. The van der Waals surface area contributed by atoms with Crippen LogP contribution in [0.3, 0.4) is 0 Å². The van der Waals surface area contributed by atoms with Gasteiger partial charge in [-0.1, -0.05) is 12.8 Å². The van der Waals surface area contributed by atoms with Crippen molar-refractivity contribution in [2.24, 2.45) is 5.92 Å². The average molecular weight is 288 g/mol. The van der Waals surface area contributed by atoms with Crippen molar-refractivity contribution in [3.63, 3.8) is 0 Å². The van der Waals surface area contributed by atoms with Gasteiger partial charge in [0.15, 0.2) is 0 Å². The van der Waals surface area contributed by atoms with E-state index in [-0.39, 0.29) is 0 Å². The first-order chi connectivity index (χ1) is 10.3. The molecule has 1 aliphatic carbocycles. The molecule has 1 saturated carbocycles. The highest BCUT2D eigenvalue weighted by molar-refractivity contribution is 5.30. The summed E-state index contributed by atoms with van der Waals surface area (Å²) in [6, 6.07) is 0.372. The van der Waals surface area contributed by atoms with Gasteiger partial charge in [0.1, 0.15) is 6.33 Å². The van der Waals surface area contributed by atoms with E-state index in [1.807, 2.05) is 6.92 Å². The topological polar surface area (TPSA) is 77.8 Å². The zero-order chi connectivity index (χ0) is 14.5. The van der Waals surface area contributed by atoms with Crippen molar-refractivity contribution in [3.05, 3.63) is 18.7 Å². The Kier molecular flexibility index (Phi) is 4.28. The van der Waals surface area contributed by atoms with Crippen molar-refractivity contribution >= 4 is 5.95 Å². The molecule has 2 aromatic rings. The smallest absolute Gasteiger partial charge is 0.323 e. The lowest BCUT2D eigenvalue weighted by Gasteiger charge is -2.11. The number of anilines is 1. The van der Waals surface area contributed by atoms with Crippen LogP contribution >= 0.6 is 0 Å². The van der Waals surface area contributed by atoms with Crippen LogP contribution < -0.4 is 10.1 Å². The maximum absolute atomic E-state index is 5.78. The Bertz CT molecular complexity index is 565. The van der Waals surface area contributed by atoms with Crippen LogP contribution in [0.2, 0.25) is 0 Å². The second-order valence-electron chi connectivity index (χ2n) is 5.20. The Morgan fingerprint density at radius 2 is 2.14 bits per heavy atom. The molecule has 3 rings (SSSR count). The maximum Gasteiger partial charge on any atom is 0.323 e. The first-order valence-electron chi connectivity index (χ1n) is 7.46. The predicted octanol–water partition coefficient (Wildman–Crippen LogP) is 2.06. The molecule has 0 bridgehead atoms. The third-order valence-electron chi connectivity index (χ3n) is 3.60. The van der Waals surface area contributed by atoms with Crippen LogP contribution in [-0.4, -0.2) is 37.7 Å². The number of aromatic nitrogens is 5. The maximum atomic E-state index is 5.78. The van der Waals surface area contributed by atoms with Crippen molar-refractivity contribution < 1.29 is 4.74 Å². The van der Waals surface area contributed by atoms with E-state index in [1.54, 1.807) is 23.3 Å². The number of hydrogen-bond acceptors (Lipinski definition) is 6. The molecule has 0 radical (unpaired) electrons. The average Bonchev–Trinajstić information content (AvgIpc) is 3.19. The highest BCUT2D eigenvalue weighted by Gasteiger charge is 2.17. The Hall–Kier alpha value is -2.18. The molecular weight excluding hydrogens is 268 g/mol. The second-order valence-corrected chi connectivity index (χ2v) is 5.20. The summed E-state index contributed by atoms with van der Waals surface area (Å²) in [5.41, 5.74) is 0. The van der Waals surface area contributed by atoms with E-state index in [1.165, 1.54) is 25.7 Å². The molecule has 112 valence electrons. The van der Waals surface area contributed by atoms with Gasteiger partial charge >= 0.3 is 6.01 Å². The van der Waals surface area contributed by atoms with E-state index in [2.05, 4.69) is 25.3 Å². The normalized spacial score (nSPS) is 15.3. The highest BCUT2D eigenvalue weighted by atomic mass is 16.5. The van der Waals surface area contributed by atoms with Gasteiger partial charge in [0.2, 0.25) is 11.9 Å². The lowest BCUT2D eigenvalue weighted by atomic mass is 10.1. The third kappa shape index (κ3) is 3.48. The van der Waals surface area contributed by atoms with Gasteiger partial charge in [-0.3, -0.25) is 4.57 Å². The van der Waals surface area contributed by atoms with Gasteiger partial charge in [-0.2, -0.15) is 15.0 Å². The van der Waals surface area contributed by atoms with E-state index in [0.717, 1.165) is 6.54 Å². The predicted molar refractivity (Wildman–Crippen MR) is 78.6 cm³/mol. The van der Waals surface area contributed by atoms with Gasteiger partial charge in [0.25, 0.3) is 0 Å². The molecule has 7 heteroatoms. The van der Waals surface area contributed by atoms with Crippen molar-refractivity contribution in [1.82, 2.24) is 24.5 Å². The van der Waals surface area contributed by atoms with Gasteiger partial charge in [-0.05, 0) is 25.7 Å². The van der Waals surface area contributed by atoms with Crippen LogP contribution in [-0.2, 0) is 0 Å². The first-order valence-corrected chi connectivity index (χ1v) is 7.46. The standard InChI is InChI=1S/C14H20N6O/c1-2-16-12-17-13(20-8-7-15-10-20)19-14(18-12)21-9-11-5-3-4-6-11/h7-8,10-11H,2-6,9H2,1H3,(H,16,17,18,19). The monoisotopic (exact) mass is 288 g/mol. The molecule has 0 aromatic carbocycles. The van der Waals surface area contributed by atoms with Crippen LogP contribution in [0.4, 0.5) is 5.95 Å². The van der Waals surface area contributed by atoms with Crippen molar-refractivity contribution in [2.75, 3.05) is 18.5 Å². The lowest BCUT2D eigenvalue weighted by Crippen LogP contribution is -2.13. The summed E-state index contributed by atoms with van der Waals surface area (Å²) in [7, 11) is 0. The van der Waals surface area contributed by atoms with E-state index in [4.69, 9.17) is 4.74 Å². The van der Waals surface area contributed by atoms with Crippen LogP contribution in [0.15, 0.2) is 18.7 Å². The SMILES string of the molecule is CCNc1nc(OCC2CCCC2)nc(-n2ccnc2)n1. The van der Waals surface area contributed by atoms with Crippen LogP contribution in [0.25, 0.3) is 5.95 Å². The summed E-state index contributed by atoms with van der Waals surface area (Å²) >= 11 is 0. The molecule has 1 N–H and O–H groups in total. The van der Waals surface area contributed by atoms with Crippen LogP contribution in [0.5, 0.6) is 6.01 Å². The summed E-state index contributed by atoms with van der Waals surface area (Å²) in [4.78, 5) is 17.0. The quantitative estimate of drug-likeness (QED) is 0.876. The van der Waals surface area contributed by atoms with Crippen LogP contribution in [0.1, 0.15) is 32.6 Å². The number of nitrogens with zero attached hydrogens (tertiary/aromatic N) is 5. The molecule has 1 fully saturated rings. The Labute approximate surface area is 123 Å². The number of rotatable bonds is 6. The molecule has 0 unspecified atom stereocenters. The zero-order valence-electron chi connectivity index (χ0n) is 12.2. The van der Waals surface area contributed by atoms with E-state index >= 15 is 0 Å². The highest BCUT2D eigenvalue weighted by Crippen LogP contribution is 2.25. The summed E-state index contributed by atoms with van der Waals surface area (Å²) in [6.07, 6.45) is 10.2. The number of imidazole rings is 1. The zero-order valence-corrected chi connectivity index (χ0v) is 12.2. The first kappa shape index (κ1) is 13.8. The minimum absolute atomic E-state index is 0.372. The molecular formula is C14H20N6O. The largest absolute Gasteiger partial charge is 0.463 e. The van der Waals surface area contributed by atoms with Gasteiger partial charge in [0, 0.05) is 18.9 Å². The Morgan fingerprint density at radius 3 is 2.86 bits per heavy atom. The summed E-state index contributed by atoms with van der Waals surface area (Å²) in [5.74, 6) is 1.67. The third-order valence-corrected chi connectivity index (χ3v) is 3.60. The molecule has 2 aromatic heterocycles.